The third kappa shape index (κ3) is 3.83. The van der Waals surface area contributed by atoms with Crippen LogP contribution in [0.1, 0.15) is 39.5 Å². The molecule has 0 spiro atoms. The van der Waals surface area contributed by atoms with E-state index < -0.39 is 0 Å². The Hall–Kier alpha value is -0.560. The molecule has 0 bridgehead atoms. The minimum absolute atomic E-state index is 0.447. The van der Waals surface area contributed by atoms with Gasteiger partial charge in [0.2, 0.25) is 0 Å². The van der Waals surface area contributed by atoms with Crippen LogP contribution in [0.3, 0.4) is 0 Å². The molecular formula is C14H24N-. The molecule has 0 N–H and O–H groups in total. The summed E-state index contributed by atoms with van der Waals surface area (Å²) in [6.07, 6.45) is 14.1. The van der Waals surface area contributed by atoms with Crippen LogP contribution in [0, 0.1) is 12.5 Å². The fourth-order valence-electron chi connectivity index (χ4n) is 2.39. The first-order valence-corrected chi connectivity index (χ1v) is 6.03. The second kappa shape index (κ2) is 6.12. The van der Waals surface area contributed by atoms with Crippen molar-refractivity contribution in [3.8, 4) is 0 Å². The quantitative estimate of drug-likeness (QED) is 0.499. The maximum atomic E-state index is 4.01. The highest BCUT2D eigenvalue weighted by molar-refractivity contribution is 5.02. The van der Waals surface area contributed by atoms with E-state index in [1.165, 1.54) is 25.7 Å². The maximum absolute atomic E-state index is 4.01. The van der Waals surface area contributed by atoms with E-state index in [0.717, 1.165) is 13.1 Å². The number of hydrogen-bond donors (Lipinski definition) is 0. The monoisotopic (exact) mass is 206 g/mol. The molecule has 0 aromatic rings. The van der Waals surface area contributed by atoms with Crippen LogP contribution in [0.2, 0.25) is 0 Å². The van der Waals surface area contributed by atoms with E-state index in [0.29, 0.717) is 5.41 Å². The van der Waals surface area contributed by atoms with Crippen molar-refractivity contribution in [1.29, 1.82) is 0 Å². The van der Waals surface area contributed by atoms with Gasteiger partial charge in [0.25, 0.3) is 0 Å². The lowest BCUT2D eigenvalue weighted by Crippen LogP contribution is -2.35. The number of likely N-dealkylation sites (tertiary alicyclic amines) is 1. The first kappa shape index (κ1) is 12.5. The molecule has 0 aromatic heterocycles. The van der Waals surface area contributed by atoms with E-state index in [1.807, 2.05) is 0 Å². The van der Waals surface area contributed by atoms with E-state index in [1.54, 1.807) is 0 Å². The first-order valence-electron chi connectivity index (χ1n) is 6.03. The highest BCUT2D eigenvalue weighted by atomic mass is 15.1. The Kier molecular flexibility index (Phi) is 5.10. The van der Waals surface area contributed by atoms with Gasteiger partial charge in [-0.25, -0.2) is 0 Å². The molecule has 0 aromatic carbocycles. The molecule has 0 saturated carbocycles. The van der Waals surface area contributed by atoms with Crippen LogP contribution in [0.4, 0.5) is 0 Å². The Morgan fingerprint density at radius 2 is 1.87 bits per heavy atom. The van der Waals surface area contributed by atoms with Crippen molar-refractivity contribution in [2.45, 2.75) is 39.5 Å². The lowest BCUT2D eigenvalue weighted by molar-refractivity contribution is 0.170. The van der Waals surface area contributed by atoms with Gasteiger partial charge in [0.15, 0.2) is 0 Å². The second-order valence-electron chi connectivity index (χ2n) is 4.59. The summed E-state index contributed by atoms with van der Waals surface area (Å²) in [5.74, 6) is 0. The van der Waals surface area contributed by atoms with Gasteiger partial charge in [-0.15, -0.1) is 0 Å². The van der Waals surface area contributed by atoms with Gasteiger partial charge < -0.3 is 4.90 Å². The number of allylic oxidation sites excluding steroid dienone is 4. The van der Waals surface area contributed by atoms with E-state index in [2.05, 4.69) is 50.1 Å². The van der Waals surface area contributed by atoms with Crippen LogP contribution >= 0.6 is 0 Å². The van der Waals surface area contributed by atoms with Gasteiger partial charge in [-0.3, -0.25) is 7.05 Å². The Labute approximate surface area is 94.9 Å². The molecule has 0 aliphatic carbocycles. The van der Waals surface area contributed by atoms with Crippen molar-refractivity contribution in [3.05, 3.63) is 31.4 Å². The summed E-state index contributed by atoms with van der Waals surface area (Å²) >= 11 is 0. The van der Waals surface area contributed by atoms with Gasteiger partial charge in [0, 0.05) is 0 Å². The molecule has 1 heteroatoms. The Balaban J connectivity index is 2.54. The lowest BCUT2D eigenvalue weighted by Gasteiger charge is -2.42. The van der Waals surface area contributed by atoms with Crippen molar-refractivity contribution in [3.63, 3.8) is 0 Å². The van der Waals surface area contributed by atoms with Crippen molar-refractivity contribution in [2.24, 2.45) is 5.41 Å². The molecule has 1 rings (SSSR count). The highest BCUT2D eigenvalue weighted by Crippen LogP contribution is 2.37. The van der Waals surface area contributed by atoms with Crippen molar-refractivity contribution >= 4 is 0 Å². The van der Waals surface area contributed by atoms with Crippen LogP contribution in [0.15, 0.2) is 24.3 Å². The Bertz CT molecular complexity index is 219. The zero-order valence-electron chi connectivity index (χ0n) is 10.2. The van der Waals surface area contributed by atoms with Gasteiger partial charge >= 0.3 is 0 Å². The molecule has 0 radical (unpaired) electrons. The molecule has 1 aliphatic rings. The largest absolute Gasteiger partial charge is 0.459 e. The molecule has 86 valence electrons. The topological polar surface area (TPSA) is 3.24 Å². The fourth-order valence-corrected chi connectivity index (χ4v) is 2.39. The van der Waals surface area contributed by atoms with Crippen LogP contribution < -0.4 is 0 Å². The van der Waals surface area contributed by atoms with Crippen LogP contribution in [-0.2, 0) is 0 Å². The zero-order chi connectivity index (χ0) is 11.1. The number of piperidine rings is 1. The summed E-state index contributed by atoms with van der Waals surface area (Å²) < 4.78 is 0. The van der Waals surface area contributed by atoms with E-state index in [4.69, 9.17) is 0 Å². The third-order valence-corrected chi connectivity index (χ3v) is 3.42. The van der Waals surface area contributed by atoms with Crippen molar-refractivity contribution < 1.29 is 0 Å². The number of rotatable bonds is 4. The summed E-state index contributed by atoms with van der Waals surface area (Å²) in [6, 6.07) is 0. The molecule has 1 aliphatic heterocycles. The molecule has 15 heavy (non-hydrogen) atoms. The molecule has 0 amide bonds. The molecule has 0 atom stereocenters. The van der Waals surface area contributed by atoms with Crippen LogP contribution in [0.25, 0.3) is 0 Å². The minimum atomic E-state index is 0.447. The average Bonchev–Trinajstić information content (AvgIpc) is 2.23. The van der Waals surface area contributed by atoms with Gasteiger partial charge in [-0.1, -0.05) is 24.3 Å². The smallest absolute Gasteiger partial charge is 0.00929 e. The van der Waals surface area contributed by atoms with E-state index >= 15 is 0 Å². The molecule has 1 heterocycles. The van der Waals surface area contributed by atoms with Crippen LogP contribution in [-0.4, -0.2) is 18.0 Å². The summed E-state index contributed by atoms with van der Waals surface area (Å²) in [5.41, 5.74) is 0.447. The van der Waals surface area contributed by atoms with Gasteiger partial charge in [-0.2, -0.15) is 0 Å². The normalized spacial score (nSPS) is 22.9. The lowest BCUT2D eigenvalue weighted by atomic mass is 9.74. The molecular weight excluding hydrogens is 182 g/mol. The first-order chi connectivity index (χ1) is 7.22. The van der Waals surface area contributed by atoms with E-state index in [9.17, 15) is 0 Å². The Morgan fingerprint density at radius 1 is 1.20 bits per heavy atom. The zero-order valence-corrected chi connectivity index (χ0v) is 10.2. The van der Waals surface area contributed by atoms with Gasteiger partial charge in [0.05, 0.1) is 0 Å². The Morgan fingerprint density at radius 3 is 2.40 bits per heavy atom. The number of hydrogen-bond acceptors (Lipinski definition) is 1. The molecule has 1 saturated heterocycles. The maximum Gasteiger partial charge on any atom is -0.00929 e. The summed E-state index contributed by atoms with van der Waals surface area (Å²) in [4.78, 5) is 2.19. The summed E-state index contributed by atoms with van der Waals surface area (Å²) in [6.45, 7) is 6.51. The minimum Gasteiger partial charge on any atom is -0.459 e. The summed E-state index contributed by atoms with van der Waals surface area (Å²) in [5, 5.41) is 0. The predicted molar refractivity (Wildman–Crippen MR) is 67.5 cm³/mol. The van der Waals surface area contributed by atoms with Crippen molar-refractivity contribution in [1.82, 2.24) is 4.90 Å². The second-order valence-corrected chi connectivity index (χ2v) is 4.59. The molecule has 0 unspecified atom stereocenters. The molecule has 1 nitrogen and oxygen atoms in total. The fraction of sp³-hybridized carbons (Fsp3) is 0.643. The average molecular weight is 206 g/mol. The van der Waals surface area contributed by atoms with Crippen LogP contribution in [0.5, 0.6) is 0 Å². The van der Waals surface area contributed by atoms with Gasteiger partial charge in [-0.05, 0) is 58.0 Å². The predicted octanol–water partition coefficient (Wildman–Crippen LogP) is 3.79. The van der Waals surface area contributed by atoms with Gasteiger partial charge in [0.1, 0.15) is 0 Å². The van der Waals surface area contributed by atoms with Crippen molar-refractivity contribution in [2.75, 3.05) is 13.1 Å². The standard InChI is InChI=1S/C14H24N/c1-4-6-7-9-14(8-5-2)10-12-15(3)13-11-14/h4-6,8H,3,7,9-13H2,1-2H3/q-1. The summed E-state index contributed by atoms with van der Waals surface area (Å²) in [7, 11) is 4.01. The van der Waals surface area contributed by atoms with E-state index in [-0.39, 0.29) is 0 Å². The third-order valence-electron chi connectivity index (χ3n) is 3.42. The number of nitrogens with zero attached hydrogens (tertiary/aromatic N) is 1. The SMILES string of the molecule is [CH2-]N1CCC(C=CC)(CCC=CC)CC1. The highest BCUT2D eigenvalue weighted by Gasteiger charge is 2.28. The molecule has 1 fully saturated rings.